The SMILES string of the molecule is CC(C)c1cccc(C(C)C)c1-c1cnc(-c2cccc(C(c3ccccc3)(c3ccccc3)c3cccc(-c4ncc(-c5c(C(C)C)cccc5C(C)C)n4-c4ccccc4)c3)c2)n1-c1ccccc1. The van der Waals surface area contributed by atoms with Crippen LogP contribution in [0.25, 0.3) is 56.7 Å². The van der Waals surface area contributed by atoms with Crippen molar-refractivity contribution in [2.45, 2.75) is 84.5 Å². The van der Waals surface area contributed by atoms with Gasteiger partial charge in [-0.3, -0.25) is 9.13 Å². The summed E-state index contributed by atoms with van der Waals surface area (Å²) < 4.78 is 4.76. The maximum absolute atomic E-state index is 5.39. The number of nitrogens with zero attached hydrogens (tertiary/aromatic N) is 4. The number of aromatic nitrogens is 4. The molecule has 0 aliphatic carbocycles. The maximum Gasteiger partial charge on any atom is 0.144 e. The summed E-state index contributed by atoms with van der Waals surface area (Å²) in [5.74, 6) is 3.10. The number of rotatable bonds is 14. The molecule has 0 saturated carbocycles. The Bertz CT molecular complexity index is 3130. The lowest BCUT2D eigenvalue weighted by molar-refractivity contribution is 0.745. The van der Waals surface area contributed by atoms with Crippen molar-refractivity contribution in [2.75, 3.05) is 0 Å². The zero-order valence-electron chi connectivity index (χ0n) is 42.4. The highest BCUT2D eigenvalue weighted by molar-refractivity contribution is 5.78. The predicted octanol–water partition coefficient (Wildman–Crippen LogP) is 17.6. The van der Waals surface area contributed by atoms with Crippen molar-refractivity contribution in [1.29, 1.82) is 0 Å². The van der Waals surface area contributed by atoms with Gasteiger partial charge in [0.15, 0.2) is 0 Å². The molecule has 0 aliphatic rings. The first-order valence-electron chi connectivity index (χ1n) is 25.4. The number of para-hydroxylation sites is 2. The largest absolute Gasteiger partial charge is 0.292 e. The van der Waals surface area contributed by atoms with Crippen molar-refractivity contribution in [3.8, 4) is 56.7 Å². The Balaban J connectivity index is 1.23. The molecule has 0 bridgehead atoms. The lowest BCUT2D eigenvalue weighted by Gasteiger charge is -2.37. The molecule has 0 atom stereocenters. The van der Waals surface area contributed by atoms with Crippen molar-refractivity contribution in [3.05, 3.63) is 263 Å². The first-order valence-corrected chi connectivity index (χ1v) is 25.4. The average molecular weight is 925 g/mol. The summed E-state index contributed by atoms with van der Waals surface area (Å²) in [4.78, 5) is 10.8. The van der Waals surface area contributed by atoms with Crippen LogP contribution in [-0.4, -0.2) is 19.1 Å². The molecule has 10 rings (SSSR count). The van der Waals surface area contributed by atoms with Crippen molar-refractivity contribution in [3.63, 3.8) is 0 Å². The molecule has 0 N–H and O–H groups in total. The molecular weight excluding hydrogens is 861 g/mol. The molecule has 0 saturated heterocycles. The molecule has 0 fully saturated rings. The van der Waals surface area contributed by atoms with Crippen molar-refractivity contribution in [2.24, 2.45) is 0 Å². The molecule has 10 aromatic rings. The fraction of sp³-hybridized carbons (Fsp3) is 0.194. The first-order chi connectivity index (χ1) is 34.6. The van der Waals surface area contributed by atoms with E-state index in [4.69, 9.17) is 9.97 Å². The van der Waals surface area contributed by atoms with Gasteiger partial charge in [0, 0.05) is 33.6 Å². The smallest absolute Gasteiger partial charge is 0.144 e. The zero-order chi connectivity index (χ0) is 49.2. The van der Waals surface area contributed by atoms with Gasteiger partial charge in [0.25, 0.3) is 0 Å². The van der Waals surface area contributed by atoms with E-state index in [1.807, 2.05) is 0 Å². The lowest BCUT2D eigenvalue weighted by Crippen LogP contribution is -2.31. The molecule has 352 valence electrons. The lowest BCUT2D eigenvalue weighted by atomic mass is 9.64. The third-order valence-corrected chi connectivity index (χ3v) is 14.3. The minimum Gasteiger partial charge on any atom is -0.292 e. The van der Waals surface area contributed by atoms with Crippen LogP contribution in [-0.2, 0) is 5.41 Å². The number of benzene rings is 8. The van der Waals surface area contributed by atoms with Crippen LogP contribution in [0.2, 0.25) is 0 Å². The highest BCUT2D eigenvalue weighted by Crippen LogP contribution is 2.48. The molecule has 0 radical (unpaired) electrons. The summed E-state index contributed by atoms with van der Waals surface area (Å²) in [7, 11) is 0. The fourth-order valence-electron chi connectivity index (χ4n) is 11.0. The Hall–Kier alpha value is -7.82. The van der Waals surface area contributed by atoms with Gasteiger partial charge in [-0.2, -0.15) is 0 Å². The van der Waals surface area contributed by atoms with Crippen molar-refractivity contribution in [1.82, 2.24) is 19.1 Å². The van der Waals surface area contributed by atoms with Crippen LogP contribution in [0, 0.1) is 0 Å². The van der Waals surface area contributed by atoms with Crippen LogP contribution >= 0.6 is 0 Å². The molecule has 71 heavy (non-hydrogen) atoms. The summed E-state index contributed by atoms with van der Waals surface area (Å²) in [6, 6.07) is 75.3. The molecule has 4 heteroatoms. The second kappa shape index (κ2) is 19.9. The standard InChI is InChI=1S/C67H64N4/c1-45(2)57-37-23-38-58(46(3)4)63(57)61-43-68-65(70(61)55-33-17-11-18-34-55)49-25-21-31-53(41-49)67(51-27-13-9-14-28-51,52-29-15-10-16-30-52)54-32-22-26-50(42-54)66-69-44-62(71(66)56-35-19-12-20-36-56)64-59(47(5)6)39-24-40-60(64)48(7)8/h9-48H,1-8H3. The third kappa shape index (κ3) is 8.56. The number of hydrogen-bond donors (Lipinski definition) is 0. The van der Waals surface area contributed by atoms with Crippen LogP contribution in [0.5, 0.6) is 0 Å². The summed E-state index contributed by atoms with van der Waals surface area (Å²) in [6.07, 6.45) is 4.19. The maximum atomic E-state index is 5.39. The molecule has 8 aromatic carbocycles. The third-order valence-electron chi connectivity index (χ3n) is 14.3. The van der Waals surface area contributed by atoms with Crippen LogP contribution in [0.1, 0.15) is 124 Å². The van der Waals surface area contributed by atoms with Crippen molar-refractivity contribution < 1.29 is 0 Å². The summed E-state index contributed by atoms with van der Waals surface area (Å²) in [5.41, 5.74) is 18.1. The molecule has 2 aromatic heterocycles. The normalized spacial score (nSPS) is 11.9. The molecule has 0 unspecified atom stereocenters. The van der Waals surface area contributed by atoms with E-state index >= 15 is 0 Å². The van der Waals surface area contributed by atoms with E-state index in [1.54, 1.807) is 0 Å². The summed E-state index contributed by atoms with van der Waals surface area (Å²) >= 11 is 0. The van der Waals surface area contributed by atoms with E-state index in [1.165, 1.54) is 44.5 Å². The highest BCUT2D eigenvalue weighted by atomic mass is 15.1. The van der Waals surface area contributed by atoms with Gasteiger partial charge in [-0.05, 0) is 105 Å². The van der Waals surface area contributed by atoms with Gasteiger partial charge >= 0.3 is 0 Å². The van der Waals surface area contributed by atoms with Gasteiger partial charge in [0.2, 0.25) is 0 Å². The summed E-state index contributed by atoms with van der Waals surface area (Å²) in [5, 5.41) is 0. The van der Waals surface area contributed by atoms with Gasteiger partial charge < -0.3 is 0 Å². The van der Waals surface area contributed by atoms with E-state index in [2.05, 4.69) is 283 Å². The van der Waals surface area contributed by atoms with E-state index in [0.717, 1.165) is 56.7 Å². The molecule has 2 heterocycles. The molecule has 0 amide bonds. The Morgan fingerprint density at radius 2 is 0.620 bits per heavy atom. The summed E-state index contributed by atoms with van der Waals surface area (Å²) in [6.45, 7) is 18.3. The second-order valence-electron chi connectivity index (χ2n) is 20.2. The van der Waals surface area contributed by atoms with E-state index in [9.17, 15) is 0 Å². The Labute approximate surface area is 421 Å². The van der Waals surface area contributed by atoms with E-state index < -0.39 is 5.41 Å². The molecule has 0 spiro atoms. The van der Waals surface area contributed by atoms with Gasteiger partial charge in [0.1, 0.15) is 11.6 Å². The van der Waals surface area contributed by atoms with Crippen LogP contribution < -0.4 is 0 Å². The monoisotopic (exact) mass is 925 g/mol. The topological polar surface area (TPSA) is 35.6 Å². The quantitative estimate of drug-likeness (QED) is 0.102. The Morgan fingerprint density at radius 1 is 0.324 bits per heavy atom. The fourth-order valence-corrected chi connectivity index (χ4v) is 11.0. The van der Waals surface area contributed by atoms with Gasteiger partial charge in [0.05, 0.1) is 29.2 Å². The first kappa shape index (κ1) is 46.9. The minimum atomic E-state index is -0.751. The van der Waals surface area contributed by atoms with Crippen LogP contribution in [0.15, 0.2) is 219 Å². The molecule has 0 aliphatic heterocycles. The Morgan fingerprint density at radius 3 is 0.944 bits per heavy atom. The second-order valence-corrected chi connectivity index (χ2v) is 20.2. The molecule has 4 nitrogen and oxygen atoms in total. The number of imidazole rings is 2. The van der Waals surface area contributed by atoms with E-state index in [-0.39, 0.29) is 0 Å². The number of hydrogen-bond acceptors (Lipinski definition) is 2. The van der Waals surface area contributed by atoms with E-state index in [0.29, 0.717) is 23.7 Å². The minimum absolute atomic E-state index is 0.327. The van der Waals surface area contributed by atoms with Gasteiger partial charge in [-0.1, -0.05) is 225 Å². The zero-order valence-corrected chi connectivity index (χ0v) is 42.4. The average Bonchev–Trinajstić information content (AvgIpc) is 4.06. The highest BCUT2D eigenvalue weighted by Gasteiger charge is 2.39. The van der Waals surface area contributed by atoms with Crippen LogP contribution in [0.3, 0.4) is 0 Å². The van der Waals surface area contributed by atoms with Crippen LogP contribution in [0.4, 0.5) is 0 Å². The Kier molecular flexibility index (Phi) is 13.1. The van der Waals surface area contributed by atoms with Crippen molar-refractivity contribution >= 4 is 0 Å². The van der Waals surface area contributed by atoms with Gasteiger partial charge in [-0.25, -0.2) is 9.97 Å². The van der Waals surface area contributed by atoms with Gasteiger partial charge in [-0.15, -0.1) is 0 Å². The predicted molar refractivity (Wildman–Crippen MR) is 297 cm³/mol. The molecular formula is C67H64N4.